The Balaban J connectivity index is -0.0000000580. The summed E-state index contributed by atoms with van der Waals surface area (Å²) in [6, 6.07) is 0. The van der Waals surface area contributed by atoms with Crippen LogP contribution in [-0.2, 0) is 30.4 Å². The molecule has 0 aliphatic carbocycles. The van der Waals surface area contributed by atoms with Crippen molar-refractivity contribution in [3.63, 3.8) is 0 Å². The Kier molecular flexibility index (Phi) is 22.7. The minimum atomic E-state index is -6.09. The van der Waals surface area contributed by atoms with Crippen LogP contribution in [0.3, 0.4) is 0 Å². The van der Waals surface area contributed by atoms with Gasteiger partial charge in [0.25, 0.3) is 0 Å². The summed E-state index contributed by atoms with van der Waals surface area (Å²) in [5.74, 6) is 0. The van der Waals surface area contributed by atoms with Crippen LogP contribution in [0, 0.1) is 0 Å². The van der Waals surface area contributed by atoms with Gasteiger partial charge < -0.3 is 13.7 Å². The van der Waals surface area contributed by atoms with Crippen LogP contribution in [0.4, 0.5) is 39.5 Å². The summed E-state index contributed by atoms with van der Waals surface area (Å²) in [7, 11) is -18.3. The number of hydrogen-bond acceptors (Lipinski definition) is 9. The van der Waals surface area contributed by atoms with Gasteiger partial charge in [0.1, 0.15) is 0 Å². The molecule has 0 saturated carbocycles. The predicted octanol–water partition coefficient (Wildman–Crippen LogP) is -8.83. The van der Waals surface area contributed by atoms with E-state index in [0.29, 0.717) is 0 Å². The van der Waals surface area contributed by atoms with Crippen molar-refractivity contribution in [2.45, 2.75) is 16.5 Å². The van der Waals surface area contributed by atoms with Crippen molar-refractivity contribution in [3.8, 4) is 0 Å². The fourth-order valence-corrected chi connectivity index (χ4v) is 0. The summed E-state index contributed by atoms with van der Waals surface area (Å²) in [6.07, 6.45) is 0. The molecule has 0 heterocycles. The molecule has 24 heteroatoms. The quantitative estimate of drug-likeness (QED) is 0.131. The third-order valence-corrected chi connectivity index (χ3v) is 2.55. The molecule has 0 unspecified atom stereocenters. The van der Waals surface area contributed by atoms with Gasteiger partial charge in [0.2, 0.25) is 0 Å². The zero-order chi connectivity index (χ0) is 21.0. The standard InChI is InChI=1S/3CHF3O3S.3Na/c3*2-1(3,4)8(5,6)7;;;/h3*(H,5,6,7);;;/q;;;3*+1/p-3. The van der Waals surface area contributed by atoms with E-state index in [9.17, 15) is 39.5 Å². The second-order valence-electron chi connectivity index (χ2n) is 2.70. The Morgan fingerprint density at radius 1 is 0.407 bits per heavy atom. The molecule has 9 nitrogen and oxygen atoms in total. The van der Waals surface area contributed by atoms with E-state index in [2.05, 4.69) is 0 Å². The van der Waals surface area contributed by atoms with Crippen LogP contribution in [-0.4, -0.2) is 55.4 Å². The SMILES string of the molecule is O=S(=O)([O-])C(F)(F)F.O=S(=O)([O-])C(F)(F)F.O=S(=O)([O-])C(F)(F)F.[Na+].[Na+].[Na+]. The fraction of sp³-hybridized carbons (Fsp3) is 1.00. The van der Waals surface area contributed by atoms with E-state index in [-0.39, 0.29) is 88.7 Å². The zero-order valence-electron chi connectivity index (χ0n) is 12.8. The van der Waals surface area contributed by atoms with Gasteiger partial charge in [0.05, 0.1) is 0 Å². The van der Waals surface area contributed by atoms with E-state index in [0.717, 1.165) is 0 Å². The second kappa shape index (κ2) is 14.2. The van der Waals surface area contributed by atoms with Gasteiger partial charge in [0, 0.05) is 0 Å². The molecule has 0 aliphatic heterocycles. The summed E-state index contributed by atoms with van der Waals surface area (Å²) < 4.78 is 177. The fourth-order valence-electron chi connectivity index (χ4n) is 0. The Labute approximate surface area is 211 Å². The predicted molar refractivity (Wildman–Crippen MR) is 47.3 cm³/mol. The van der Waals surface area contributed by atoms with Gasteiger partial charge in [-0.05, 0) is 0 Å². The summed E-state index contributed by atoms with van der Waals surface area (Å²) in [5, 5.41) is 0. The first kappa shape index (κ1) is 43.1. The van der Waals surface area contributed by atoms with Crippen molar-refractivity contribution in [1.82, 2.24) is 0 Å². The van der Waals surface area contributed by atoms with E-state index >= 15 is 0 Å². The molecule has 0 aromatic rings. The molecule has 0 radical (unpaired) electrons. The molecule has 0 spiro atoms. The Morgan fingerprint density at radius 2 is 0.444 bits per heavy atom. The number of alkyl halides is 9. The molecule has 150 valence electrons. The molecular formula is C3F9Na3O9S3. The van der Waals surface area contributed by atoms with E-state index in [1.54, 1.807) is 0 Å². The largest absolute Gasteiger partial charge is 1.00 e. The molecule has 0 aliphatic rings. The molecular weight excluding hydrogens is 516 g/mol. The molecule has 0 amide bonds. The van der Waals surface area contributed by atoms with Gasteiger partial charge in [-0.25, -0.2) is 25.3 Å². The first-order valence-corrected chi connectivity index (χ1v) is 8.04. The summed E-state index contributed by atoms with van der Waals surface area (Å²) in [5.41, 5.74) is -16.9. The smallest absolute Gasteiger partial charge is 0.741 e. The minimum Gasteiger partial charge on any atom is -0.741 e. The van der Waals surface area contributed by atoms with Gasteiger partial charge in [-0.15, -0.1) is 0 Å². The summed E-state index contributed by atoms with van der Waals surface area (Å²) in [6.45, 7) is 0. The van der Waals surface area contributed by atoms with Gasteiger partial charge in [-0.1, -0.05) is 0 Å². The molecule has 27 heavy (non-hydrogen) atoms. The topological polar surface area (TPSA) is 172 Å². The van der Waals surface area contributed by atoms with Gasteiger partial charge in [-0.2, -0.15) is 39.5 Å². The Bertz CT molecular complexity index is 604. The van der Waals surface area contributed by atoms with Crippen LogP contribution in [0.1, 0.15) is 0 Å². The molecule has 0 atom stereocenters. The molecule has 0 aromatic carbocycles. The second-order valence-corrected chi connectivity index (χ2v) is 6.81. The maximum atomic E-state index is 10.7. The van der Waals surface area contributed by atoms with Crippen molar-refractivity contribution >= 4 is 30.4 Å². The average molecular weight is 516 g/mol. The van der Waals surface area contributed by atoms with Crippen LogP contribution < -0.4 is 88.7 Å². The van der Waals surface area contributed by atoms with Crippen molar-refractivity contribution in [1.29, 1.82) is 0 Å². The third-order valence-electron chi connectivity index (χ3n) is 0.850. The van der Waals surface area contributed by atoms with Crippen LogP contribution in [0.2, 0.25) is 0 Å². The summed E-state index contributed by atoms with van der Waals surface area (Å²) in [4.78, 5) is 0. The van der Waals surface area contributed by atoms with Crippen molar-refractivity contribution in [2.24, 2.45) is 0 Å². The van der Waals surface area contributed by atoms with Crippen LogP contribution >= 0.6 is 0 Å². The molecule has 0 N–H and O–H groups in total. The first-order valence-electron chi connectivity index (χ1n) is 3.81. The molecule has 0 saturated heterocycles. The van der Waals surface area contributed by atoms with E-state index in [1.807, 2.05) is 0 Å². The molecule has 0 aromatic heterocycles. The van der Waals surface area contributed by atoms with E-state index in [4.69, 9.17) is 38.9 Å². The Morgan fingerprint density at radius 3 is 0.444 bits per heavy atom. The molecule has 0 bridgehead atoms. The first-order chi connectivity index (χ1) is 9.75. The average Bonchev–Trinajstić information content (AvgIpc) is 2.08. The van der Waals surface area contributed by atoms with Crippen molar-refractivity contribution in [2.75, 3.05) is 0 Å². The monoisotopic (exact) mass is 516 g/mol. The van der Waals surface area contributed by atoms with Crippen molar-refractivity contribution in [3.05, 3.63) is 0 Å². The normalized spacial score (nSPS) is 12.4. The van der Waals surface area contributed by atoms with E-state index < -0.39 is 46.9 Å². The van der Waals surface area contributed by atoms with Gasteiger partial charge >= 0.3 is 105 Å². The molecule has 0 fully saturated rings. The Hall–Kier alpha value is 2.10. The van der Waals surface area contributed by atoms with Gasteiger partial charge in [0.15, 0.2) is 30.4 Å². The zero-order valence-corrected chi connectivity index (χ0v) is 21.3. The summed E-state index contributed by atoms with van der Waals surface area (Å²) >= 11 is 0. The number of hydrogen-bond donors (Lipinski definition) is 0. The number of halogens is 9. The maximum Gasteiger partial charge on any atom is 1.00 e. The van der Waals surface area contributed by atoms with E-state index in [1.165, 1.54) is 0 Å². The number of rotatable bonds is 0. The minimum absolute atomic E-state index is 0. The van der Waals surface area contributed by atoms with Crippen LogP contribution in [0.25, 0.3) is 0 Å². The van der Waals surface area contributed by atoms with Crippen molar-refractivity contribution < 1.29 is 167 Å². The van der Waals surface area contributed by atoms with Gasteiger partial charge in [-0.3, -0.25) is 0 Å². The van der Waals surface area contributed by atoms with Crippen LogP contribution in [0.15, 0.2) is 0 Å². The van der Waals surface area contributed by atoms with Crippen LogP contribution in [0.5, 0.6) is 0 Å². The third kappa shape index (κ3) is 22.6. The maximum absolute atomic E-state index is 10.7. The molecule has 0 rings (SSSR count).